The summed E-state index contributed by atoms with van der Waals surface area (Å²) in [5.74, 6) is 0.271. The minimum Gasteiger partial charge on any atom is -0.462 e. The molecule has 0 saturated carbocycles. The number of carbonyl (C=O) groups is 3. The number of carbonyl (C=O) groups excluding carboxylic acids is 3. The number of esters is 1. The second-order valence-corrected chi connectivity index (χ2v) is 9.44. The smallest absolute Gasteiger partial charge is 0.338 e. The number of nitrogens with one attached hydrogen (secondary N) is 1. The summed E-state index contributed by atoms with van der Waals surface area (Å²) in [5, 5.41) is 3.18. The molecule has 0 radical (unpaired) electrons. The van der Waals surface area contributed by atoms with Crippen molar-refractivity contribution in [2.45, 2.75) is 32.5 Å². The fourth-order valence-electron chi connectivity index (χ4n) is 4.51. The van der Waals surface area contributed by atoms with Crippen LogP contribution in [-0.2, 0) is 27.4 Å². The first-order valence-electron chi connectivity index (χ1n) is 12.5. The number of amides is 2. The largest absolute Gasteiger partial charge is 0.462 e. The summed E-state index contributed by atoms with van der Waals surface area (Å²) in [6.45, 7) is 2.80. The van der Waals surface area contributed by atoms with E-state index in [1.807, 2.05) is 48.5 Å². The van der Waals surface area contributed by atoms with Gasteiger partial charge in [0.05, 0.1) is 25.1 Å². The van der Waals surface area contributed by atoms with E-state index in [9.17, 15) is 14.4 Å². The van der Waals surface area contributed by atoms with Crippen molar-refractivity contribution in [1.29, 1.82) is 0 Å². The van der Waals surface area contributed by atoms with E-state index < -0.39 is 12.0 Å². The number of nitrogens with zero attached hydrogens (tertiary/aromatic N) is 2. The number of fused-ring (bicyclic) bond motifs is 1. The maximum Gasteiger partial charge on any atom is 0.338 e. The van der Waals surface area contributed by atoms with E-state index in [0.29, 0.717) is 41.0 Å². The van der Waals surface area contributed by atoms with Gasteiger partial charge in [0.2, 0.25) is 12.7 Å². The minimum absolute atomic E-state index is 0.103. The number of benzene rings is 3. The Balaban J connectivity index is 1.33. The van der Waals surface area contributed by atoms with Crippen LogP contribution in [-0.4, -0.2) is 52.1 Å². The molecule has 1 N–H and O–H groups in total. The Morgan fingerprint density at radius 1 is 0.974 bits per heavy atom. The minimum atomic E-state index is -0.787. The molecule has 3 aromatic carbocycles. The van der Waals surface area contributed by atoms with E-state index >= 15 is 0 Å². The number of hydrogen-bond acceptors (Lipinski definition) is 7. The zero-order valence-electron chi connectivity index (χ0n) is 21.3. The van der Waals surface area contributed by atoms with Gasteiger partial charge in [0.25, 0.3) is 5.91 Å². The molecule has 0 aromatic heterocycles. The molecule has 10 heteroatoms. The molecule has 5 rings (SSSR count). The molecule has 1 atom stereocenters. The molecule has 1 fully saturated rings. The number of anilines is 1. The van der Waals surface area contributed by atoms with Crippen molar-refractivity contribution in [2.24, 2.45) is 0 Å². The van der Waals surface area contributed by atoms with Gasteiger partial charge in [-0.25, -0.2) is 4.79 Å². The molecular formula is C29H27N3O6S. The van der Waals surface area contributed by atoms with Gasteiger partial charge in [-0.2, -0.15) is 0 Å². The first kappa shape index (κ1) is 26.2. The van der Waals surface area contributed by atoms with Crippen molar-refractivity contribution in [3.8, 4) is 11.5 Å². The third-order valence-electron chi connectivity index (χ3n) is 6.44. The fraction of sp³-hybridized carbons (Fsp3) is 0.241. The van der Waals surface area contributed by atoms with E-state index in [4.69, 9.17) is 26.4 Å². The summed E-state index contributed by atoms with van der Waals surface area (Å²) < 4.78 is 15.9. The van der Waals surface area contributed by atoms with E-state index in [2.05, 4.69) is 5.32 Å². The van der Waals surface area contributed by atoms with Crippen LogP contribution in [0.25, 0.3) is 0 Å². The van der Waals surface area contributed by atoms with Gasteiger partial charge < -0.3 is 24.4 Å². The Hall–Kier alpha value is -4.44. The van der Waals surface area contributed by atoms with Gasteiger partial charge in [-0.1, -0.05) is 36.4 Å². The molecule has 2 aliphatic rings. The number of thiocarbonyl (C=S) groups is 1. The highest BCUT2D eigenvalue weighted by molar-refractivity contribution is 7.80. The second kappa shape index (κ2) is 11.5. The molecule has 200 valence electrons. The van der Waals surface area contributed by atoms with Crippen LogP contribution in [0.1, 0.15) is 34.8 Å². The molecule has 0 unspecified atom stereocenters. The Bertz CT molecular complexity index is 1400. The predicted molar refractivity (Wildman–Crippen MR) is 147 cm³/mol. The molecule has 2 aliphatic heterocycles. The van der Waals surface area contributed by atoms with E-state index in [1.54, 1.807) is 41.0 Å². The highest BCUT2D eigenvalue weighted by atomic mass is 32.1. The summed E-state index contributed by atoms with van der Waals surface area (Å²) in [6, 6.07) is 20.8. The van der Waals surface area contributed by atoms with Gasteiger partial charge in [-0.15, -0.1) is 0 Å². The summed E-state index contributed by atoms with van der Waals surface area (Å²) in [7, 11) is 0. The molecule has 0 bridgehead atoms. The topological polar surface area (TPSA) is 97.4 Å². The summed E-state index contributed by atoms with van der Waals surface area (Å²) in [5.41, 5.74) is 2.70. The van der Waals surface area contributed by atoms with Crippen molar-refractivity contribution in [1.82, 2.24) is 9.80 Å². The lowest BCUT2D eigenvalue weighted by atomic mass is 10.1. The maximum atomic E-state index is 13.6. The van der Waals surface area contributed by atoms with Crippen molar-refractivity contribution in [3.63, 3.8) is 0 Å². The lowest BCUT2D eigenvalue weighted by Crippen LogP contribution is -2.37. The zero-order valence-corrected chi connectivity index (χ0v) is 22.1. The maximum absolute atomic E-state index is 13.6. The molecule has 2 heterocycles. The lowest BCUT2D eigenvalue weighted by Gasteiger charge is -2.24. The number of rotatable bonds is 9. The van der Waals surface area contributed by atoms with E-state index in [-0.39, 0.29) is 31.6 Å². The Labute approximate surface area is 231 Å². The third kappa shape index (κ3) is 5.85. The van der Waals surface area contributed by atoms with Crippen LogP contribution in [0, 0.1) is 0 Å². The summed E-state index contributed by atoms with van der Waals surface area (Å²) in [6.07, 6.45) is -0.103. The first-order valence-corrected chi connectivity index (χ1v) is 12.9. The van der Waals surface area contributed by atoms with Crippen LogP contribution < -0.4 is 14.8 Å². The van der Waals surface area contributed by atoms with Crippen LogP contribution >= 0.6 is 12.2 Å². The van der Waals surface area contributed by atoms with Gasteiger partial charge in [0.1, 0.15) is 6.04 Å². The van der Waals surface area contributed by atoms with Crippen molar-refractivity contribution in [3.05, 3.63) is 89.5 Å². The lowest BCUT2D eigenvalue weighted by molar-refractivity contribution is -0.131. The van der Waals surface area contributed by atoms with E-state index in [0.717, 1.165) is 11.1 Å². The van der Waals surface area contributed by atoms with Gasteiger partial charge in [-0.05, 0) is 66.7 Å². The van der Waals surface area contributed by atoms with Crippen LogP contribution in [0.4, 0.5) is 5.69 Å². The van der Waals surface area contributed by atoms with Crippen LogP contribution in [0.15, 0.2) is 72.8 Å². The third-order valence-corrected chi connectivity index (χ3v) is 6.89. The quantitative estimate of drug-likeness (QED) is 0.317. The predicted octanol–water partition coefficient (Wildman–Crippen LogP) is 4.12. The highest BCUT2D eigenvalue weighted by Gasteiger charge is 2.43. The standard InChI is InChI=1S/C29H27N3O6S/c1-2-36-28(35)21-9-11-22(12-10-21)30-26(33)15-23-27(34)32(16-19-6-4-3-5-7-19)29(39)31(23)17-20-8-13-24-25(14-20)38-18-37-24/h3-14,23H,2,15-18H2,1H3,(H,30,33)/t23-/m0/s1. The SMILES string of the molecule is CCOC(=O)c1ccc(NC(=O)C[C@H]2C(=O)N(Cc3ccccc3)C(=S)N2Cc2ccc3c(c2)OCO3)cc1. The van der Waals surface area contributed by atoms with Crippen LogP contribution in [0.3, 0.4) is 0 Å². The molecule has 1 saturated heterocycles. The second-order valence-electron chi connectivity index (χ2n) is 9.07. The normalized spacial score (nSPS) is 16.0. The van der Waals surface area contributed by atoms with Crippen LogP contribution in [0.5, 0.6) is 11.5 Å². The fourth-order valence-corrected chi connectivity index (χ4v) is 4.86. The van der Waals surface area contributed by atoms with Gasteiger partial charge in [-0.3, -0.25) is 14.5 Å². The molecule has 39 heavy (non-hydrogen) atoms. The Morgan fingerprint density at radius 2 is 1.72 bits per heavy atom. The summed E-state index contributed by atoms with van der Waals surface area (Å²) in [4.78, 5) is 41.9. The Morgan fingerprint density at radius 3 is 2.46 bits per heavy atom. The monoisotopic (exact) mass is 545 g/mol. The van der Waals surface area contributed by atoms with Gasteiger partial charge in [0, 0.05) is 12.2 Å². The number of ether oxygens (including phenoxy) is 3. The molecular weight excluding hydrogens is 518 g/mol. The molecule has 3 aromatic rings. The van der Waals surface area contributed by atoms with Crippen molar-refractivity contribution < 1.29 is 28.6 Å². The molecule has 2 amide bonds. The molecule has 9 nitrogen and oxygen atoms in total. The van der Waals surface area contributed by atoms with Crippen molar-refractivity contribution >= 4 is 40.8 Å². The van der Waals surface area contributed by atoms with Gasteiger partial charge >= 0.3 is 5.97 Å². The Kier molecular flexibility index (Phi) is 7.74. The van der Waals surface area contributed by atoms with Gasteiger partial charge in [0.15, 0.2) is 16.6 Å². The zero-order chi connectivity index (χ0) is 27.4. The molecule has 0 spiro atoms. The first-order chi connectivity index (χ1) is 18.9. The average molecular weight is 546 g/mol. The molecule has 0 aliphatic carbocycles. The van der Waals surface area contributed by atoms with E-state index in [1.165, 1.54) is 0 Å². The average Bonchev–Trinajstić information content (AvgIpc) is 3.49. The number of hydrogen-bond donors (Lipinski definition) is 1. The van der Waals surface area contributed by atoms with Crippen molar-refractivity contribution in [2.75, 3.05) is 18.7 Å². The highest BCUT2D eigenvalue weighted by Crippen LogP contribution is 2.34. The van der Waals surface area contributed by atoms with Crippen LogP contribution in [0.2, 0.25) is 0 Å². The summed E-state index contributed by atoms with van der Waals surface area (Å²) >= 11 is 5.76.